The van der Waals surface area contributed by atoms with E-state index < -0.39 is 17.7 Å². The number of pyridine rings is 1. The number of carbonyl (C=O) groups excluding carboxylic acids is 2. The summed E-state index contributed by atoms with van der Waals surface area (Å²) in [5.74, 6) is -0.453. The molecule has 0 bridgehead atoms. The zero-order valence-electron chi connectivity index (χ0n) is 15.6. The molecule has 0 unspecified atom stereocenters. The largest absolute Gasteiger partial charge is 0.461 e. The van der Waals surface area contributed by atoms with Crippen molar-refractivity contribution in [2.24, 2.45) is 0 Å². The fraction of sp³-hybridized carbons (Fsp3) is 0.500. The first kappa shape index (κ1) is 20.0. The Morgan fingerprint density at radius 1 is 1.35 bits per heavy atom. The lowest BCUT2D eigenvalue weighted by molar-refractivity contribution is 0.0511. The molecule has 0 aromatic carbocycles. The maximum Gasteiger partial charge on any atom is 0.407 e. The van der Waals surface area contributed by atoms with Gasteiger partial charge in [-0.2, -0.15) is 0 Å². The van der Waals surface area contributed by atoms with E-state index in [9.17, 15) is 9.59 Å². The molecule has 2 rings (SSSR count). The number of nitrogens with one attached hydrogen (secondary N) is 1. The highest BCUT2D eigenvalue weighted by atomic mass is 35.5. The van der Waals surface area contributed by atoms with Gasteiger partial charge in [-0.1, -0.05) is 11.6 Å². The van der Waals surface area contributed by atoms with Gasteiger partial charge in [0.15, 0.2) is 0 Å². The van der Waals surface area contributed by atoms with Crippen molar-refractivity contribution in [3.8, 4) is 0 Å². The van der Waals surface area contributed by atoms with Crippen molar-refractivity contribution in [3.05, 3.63) is 29.0 Å². The van der Waals surface area contributed by atoms with Gasteiger partial charge in [0.05, 0.1) is 12.6 Å². The van der Waals surface area contributed by atoms with E-state index >= 15 is 0 Å². The third-order valence-electron chi connectivity index (χ3n) is 3.52. The van der Waals surface area contributed by atoms with Gasteiger partial charge in [-0.05, 0) is 52.8 Å². The molecule has 0 aliphatic rings. The molecule has 2 aromatic heterocycles. The maximum absolute atomic E-state index is 12.3. The van der Waals surface area contributed by atoms with Crippen LogP contribution in [0.25, 0.3) is 11.0 Å². The summed E-state index contributed by atoms with van der Waals surface area (Å²) in [5, 5.41) is 3.79. The molecule has 0 aliphatic heterocycles. The minimum Gasteiger partial charge on any atom is -0.461 e. The van der Waals surface area contributed by atoms with Crippen molar-refractivity contribution in [3.63, 3.8) is 0 Å². The number of alkyl carbamates (subject to hydrolysis) is 1. The van der Waals surface area contributed by atoms with Crippen molar-refractivity contribution >= 4 is 34.7 Å². The first-order chi connectivity index (χ1) is 12.1. The Morgan fingerprint density at radius 3 is 2.65 bits per heavy atom. The molecule has 0 fully saturated rings. The topological polar surface area (TPSA) is 82.5 Å². The number of hydrogen-bond donors (Lipinski definition) is 1. The molecule has 2 heterocycles. The van der Waals surface area contributed by atoms with Gasteiger partial charge >= 0.3 is 12.1 Å². The lowest BCUT2D eigenvalue weighted by Gasteiger charge is -2.22. The van der Waals surface area contributed by atoms with Crippen LogP contribution in [0.2, 0.25) is 5.15 Å². The molecule has 1 amide bonds. The van der Waals surface area contributed by atoms with E-state index in [0.717, 1.165) is 5.39 Å². The number of amides is 1. The van der Waals surface area contributed by atoms with Crippen LogP contribution in [0.5, 0.6) is 0 Å². The fourth-order valence-electron chi connectivity index (χ4n) is 2.52. The molecule has 7 nitrogen and oxygen atoms in total. The first-order valence-corrected chi connectivity index (χ1v) is 8.81. The molecule has 2 aromatic rings. The summed E-state index contributed by atoms with van der Waals surface area (Å²) >= 11 is 6.02. The van der Waals surface area contributed by atoms with Gasteiger partial charge in [0, 0.05) is 11.9 Å². The number of nitrogens with zero attached hydrogens (tertiary/aromatic N) is 2. The molecule has 0 radical (unpaired) electrons. The molecule has 1 atom stereocenters. The molecule has 0 saturated heterocycles. The zero-order chi connectivity index (χ0) is 19.5. The molecule has 0 aliphatic carbocycles. The predicted octanol–water partition coefficient (Wildman–Crippen LogP) is 3.95. The smallest absolute Gasteiger partial charge is 0.407 e. The van der Waals surface area contributed by atoms with E-state index in [2.05, 4.69) is 10.3 Å². The van der Waals surface area contributed by atoms with Gasteiger partial charge in [-0.25, -0.2) is 14.6 Å². The summed E-state index contributed by atoms with van der Waals surface area (Å²) in [4.78, 5) is 28.6. The Labute approximate surface area is 157 Å². The second-order valence-electron chi connectivity index (χ2n) is 6.90. The highest BCUT2D eigenvalue weighted by Gasteiger charge is 2.23. The van der Waals surface area contributed by atoms with Crippen LogP contribution in [0, 0.1) is 0 Å². The van der Waals surface area contributed by atoms with E-state index in [1.807, 2.05) is 6.92 Å². The molecular weight excluding hydrogens is 358 g/mol. The van der Waals surface area contributed by atoms with E-state index in [1.54, 1.807) is 50.5 Å². The summed E-state index contributed by atoms with van der Waals surface area (Å²) in [6.45, 7) is 9.49. The summed E-state index contributed by atoms with van der Waals surface area (Å²) in [7, 11) is 0. The molecule has 8 heteroatoms. The molecule has 1 N–H and O–H groups in total. The van der Waals surface area contributed by atoms with E-state index in [4.69, 9.17) is 21.1 Å². The number of halogens is 1. The number of fused-ring (bicyclic) bond motifs is 1. The third-order valence-corrected chi connectivity index (χ3v) is 3.73. The van der Waals surface area contributed by atoms with Crippen LogP contribution in [0.15, 0.2) is 18.2 Å². The second-order valence-corrected chi connectivity index (χ2v) is 7.29. The van der Waals surface area contributed by atoms with Crippen LogP contribution in [0.4, 0.5) is 4.79 Å². The average Bonchev–Trinajstić information content (AvgIpc) is 2.90. The van der Waals surface area contributed by atoms with E-state index in [-0.39, 0.29) is 19.2 Å². The zero-order valence-corrected chi connectivity index (χ0v) is 16.4. The highest BCUT2D eigenvalue weighted by Crippen LogP contribution is 2.25. The van der Waals surface area contributed by atoms with Gasteiger partial charge < -0.3 is 19.4 Å². The molecule has 26 heavy (non-hydrogen) atoms. The Bertz CT molecular complexity index is 811. The molecule has 0 saturated carbocycles. The van der Waals surface area contributed by atoms with E-state index in [0.29, 0.717) is 16.5 Å². The summed E-state index contributed by atoms with van der Waals surface area (Å²) in [6.07, 6.45) is -0.524. The van der Waals surface area contributed by atoms with Crippen LogP contribution >= 0.6 is 11.6 Å². The van der Waals surface area contributed by atoms with Crippen molar-refractivity contribution in [1.29, 1.82) is 0 Å². The van der Waals surface area contributed by atoms with Crippen molar-refractivity contribution in [2.45, 2.75) is 46.3 Å². The standard InChI is InChI=1S/C18H24ClN3O4/c1-6-25-16(23)13-9-12-7-8-14(19)21-15(12)22(13)11(2)10-20-17(24)26-18(3,4)5/h7-9,11H,6,10H2,1-5H3,(H,20,24)/t11-/m1/s1. The molecule has 142 valence electrons. The third kappa shape index (κ3) is 4.88. The normalized spacial score (nSPS) is 12.7. The number of rotatable bonds is 5. The SMILES string of the molecule is CCOC(=O)c1cc2ccc(Cl)nc2n1[C@H](C)CNC(=O)OC(C)(C)C. The fourth-order valence-corrected chi connectivity index (χ4v) is 2.66. The maximum atomic E-state index is 12.3. The van der Waals surface area contributed by atoms with Crippen molar-refractivity contribution in [2.75, 3.05) is 13.2 Å². The van der Waals surface area contributed by atoms with Gasteiger partial charge in [-0.3, -0.25) is 0 Å². The number of carbonyl (C=O) groups is 2. The Kier molecular flexibility index (Phi) is 6.13. The van der Waals surface area contributed by atoms with Gasteiger partial charge in [0.2, 0.25) is 0 Å². The number of hydrogen-bond acceptors (Lipinski definition) is 5. The first-order valence-electron chi connectivity index (χ1n) is 8.44. The monoisotopic (exact) mass is 381 g/mol. The summed E-state index contributed by atoms with van der Waals surface area (Å²) in [5.41, 5.74) is 0.327. The van der Waals surface area contributed by atoms with Crippen LogP contribution in [-0.2, 0) is 9.47 Å². The summed E-state index contributed by atoms with van der Waals surface area (Å²) in [6, 6.07) is 4.89. The van der Waals surface area contributed by atoms with Crippen LogP contribution in [0.3, 0.4) is 0 Å². The minimum atomic E-state index is -0.585. The molecular formula is C18H24ClN3O4. The highest BCUT2D eigenvalue weighted by molar-refractivity contribution is 6.29. The lowest BCUT2D eigenvalue weighted by atomic mass is 10.2. The van der Waals surface area contributed by atoms with Gasteiger partial charge in [0.25, 0.3) is 0 Å². The number of esters is 1. The van der Waals surface area contributed by atoms with Gasteiger partial charge in [0.1, 0.15) is 22.1 Å². The number of ether oxygens (including phenoxy) is 2. The average molecular weight is 382 g/mol. The predicted molar refractivity (Wildman–Crippen MR) is 99.6 cm³/mol. The van der Waals surface area contributed by atoms with Crippen LogP contribution < -0.4 is 5.32 Å². The van der Waals surface area contributed by atoms with Crippen molar-refractivity contribution < 1.29 is 19.1 Å². The second kappa shape index (κ2) is 7.95. The summed E-state index contributed by atoms with van der Waals surface area (Å²) < 4.78 is 12.1. The number of aromatic nitrogens is 2. The Hall–Kier alpha value is -2.28. The van der Waals surface area contributed by atoms with Gasteiger partial charge in [-0.15, -0.1) is 0 Å². The minimum absolute atomic E-state index is 0.249. The molecule has 0 spiro atoms. The quantitative estimate of drug-likeness (QED) is 0.626. The van der Waals surface area contributed by atoms with Crippen molar-refractivity contribution in [1.82, 2.24) is 14.9 Å². The Balaban J connectivity index is 2.30. The van der Waals surface area contributed by atoms with E-state index in [1.165, 1.54) is 0 Å². The van der Waals surface area contributed by atoms with Crippen LogP contribution in [-0.4, -0.2) is 40.4 Å². The van der Waals surface area contributed by atoms with Crippen LogP contribution in [0.1, 0.15) is 51.1 Å². The Morgan fingerprint density at radius 2 is 2.04 bits per heavy atom. The lowest BCUT2D eigenvalue weighted by Crippen LogP contribution is -2.35.